The Bertz CT molecular complexity index is 1250. The molecule has 3 aromatic rings. The van der Waals surface area contributed by atoms with Crippen LogP contribution in [0.25, 0.3) is 22.2 Å². The second-order valence-electron chi connectivity index (χ2n) is 9.43. The Balaban J connectivity index is 1.19. The predicted octanol–water partition coefficient (Wildman–Crippen LogP) is 4.20. The highest BCUT2D eigenvalue weighted by Crippen LogP contribution is 2.33. The van der Waals surface area contributed by atoms with E-state index in [1.54, 1.807) is 6.20 Å². The molecule has 5 rings (SSSR count). The topological polar surface area (TPSA) is 112 Å². The zero-order valence-corrected chi connectivity index (χ0v) is 20.1. The van der Waals surface area contributed by atoms with Crippen LogP contribution in [0.1, 0.15) is 38.5 Å². The lowest BCUT2D eigenvalue weighted by atomic mass is 9.79. The summed E-state index contributed by atoms with van der Waals surface area (Å²) >= 11 is 6.46. The number of halogens is 1. The molecule has 1 aromatic carbocycles. The van der Waals surface area contributed by atoms with Crippen LogP contribution < -0.4 is 16.0 Å². The number of aromatic nitrogens is 3. The van der Waals surface area contributed by atoms with Crippen LogP contribution >= 0.6 is 11.6 Å². The van der Waals surface area contributed by atoms with Crippen LogP contribution in [0.3, 0.4) is 0 Å². The van der Waals surface area contributed by atoms with Gasteiger partial charge >= 0.3 is 0 Å². The maximum atomic E-state index is 12.7. The third-order valence-electron chi connectivity index (χ3n) is 6.98. The zero-order valence-electron chi connectivity index (χ0n) is 19.4. The molecule has 0 bridgehead atoms. The van der Waals surface area contributed by atoms with Crippen molar-refractivity contribution in [3.63, 3.8) is 0 Å². The number of H-pyrrole nitrogens is 1. The zero-order chi connectivity index (χ0) is 24.4. The van der Waals surface area contributed by atoms with E-state index in [-0.39, 0.29) is 35.9 Å². The van der Waals surface area contributed by atoms with Gasteiger partial charge in [0.2, 0.25) is 17.8 Å². The molecule has 0 radical (unpaired) electrons. The first-order valence-corrected chi connectivity index (χ1v) is 12.5. The van der Waals surface area contributed by atoms with Gasteiger partial charge < -0.3 is 20.9 Å². The molecule has 2 aliphatic rings. The third-order valence-corrected chi connectivity index (χ3v) is 7.26. The smallest absolute Gasteiger partial charge is 0.243 e. The van der Waals surface area contributed by atoms with Crippen molar-refractivity contribution >= 4 is 40.3 Å². The van der Waals surface area contributed by atoms with Gasteiger partial charge in [0.05, 0.1) is 16.9 Å². The summed E-state index contributed by atoms with van der Waals surface area (Å²) in [4.78, 5) is 36.5. The molecule has 0 unspecified atom stereocenters. The van der Waals surface area contributed by atoms with Crippen molar-refractivity contribution < 1.29 is 9.59 Å². The SMILES string of the molecule is C=CC(=O)NC1CC(C(=O)N[C@H]2CCC[C@@H](Nc3ncc(Cl)c(-c4c[nH]c5ccccc45)n3)C2)C1. The Morgan fingerprint density at radius 2 is 1.89 bits per heavy atom. The monoisotopic (exact) mass is 492 g/mol. The molecule has 0 spiro atoms. The number of para-hydroxylation sites is 1. The van der Waals surface area contributed by atoms with Gasteiger partial charge in [0.1, 0.15) is 0 Å². The standard InChI is InChI=1S/C26H29ClN6O2/c1-2-23(34)30-18-10-15(11-18)25(35)31-16-6-5-7-17(12-16)32-26-29-14-21(27)24(33-26)20-13-28-22-9-4-3-8-19(20)22/h2-4,8-9,13-18,28H,1,5-7,10-12H2,(H,30,34)(H,31,35)(H,29,32,33)/t15?,16-,17+,18?/m0/s1. The van der Waals surface area contributed by atoms with E-state index < -0.39 is 0 Å². The average molecular weight is 493 g/mol. The lowest BCUT2D eigenvalue weighted by Crippen LogP contribution is -2.51. The molecule has 4 N–H and O–H groups in total. The molecule has 8 nitrogen and oxygen atoms in total. The quantitative estimate of drug-likeness (QED) is 0.369. The number of fused-ring (bicyclic) bond motifs is 1. The van der Waals surface area contributed by atoms with Crippen molar-refractivity contribution in [3.8, 4) is 11.3 Å². The molecule has 2 atom stereocenters. The lowest BCUT2D eigenvalue weighted by Gasteiger charge is -2.37. The number of nitrogens with zero attached hydrogens (tertiary/aromatic N) is 2. The number of hydrogen-bond acceptors (Lipinski definition) is 5. The highest BCUT2D eigenvalue weighted by molar-refractivity contribution is 6.33. The number of amides is 2. The van der Waals surface area contributed by atoms with E-state index >= 15 is 0 Å². The van der Waals surface area contributed by atoms with Crippen LogP contribution in [0.4, 0.5) is 5.95 Å². The molecule has 2 aliphatic carbocycles. The summed E-state index contributed by atoms with van der Waals surface area (Å²) < 4.78 is 0. The molecular weight excluding hydrogens is 464 g/mol. The average Bonchev–Trinajstić information content (AvgIpc) is 3.26. The molecular formula is C26H29ClN6O2. The number of rotatable bonds is 7. The normalized spacial score (nSPS) is 23.8. The predicted molar refractivity (Wildman–Crippen MR) is 137 cm³/mol. The third kappa shape index (κ3) is 5.17. The Morgan fingerprint density at radius 1 is 1.09 bits per heavy atom. The van der Waals surface area contributed by atoms with Crippen molar-refractivity contribution in [2.24, 2.45) is 5.92 Å². The molecule has 0 saturated heterocycles. The second kappa shape index (κ2) is 10.1. The molecule has 2 aromatic heterocycles. The molecule has 35 heavy (non-hydrogen) atoms. The van der Waals surface area contributed by atoms with Gasteiger partial charge in [-0.3, -0.25) is 9.59 Å². The van der Waals surface area contributed by atoms with Crippen LogP contribution in [0, 0.1) is 5.92 Å². The first kappa shape index (κ1) is 23.4. The summed E-state index contributed by atoms with van der Waals surface area (Å²) in [6.45, 7) is 3.46. The second-order valence-corrected chi connectivity index (χ2v) is 9.84. The Hall–Kier alpha value is -3.39. The fourth-order valence-electron chi connectivity index (χ4n) is 5.06. The minimum absolute atomic E-state index is 0.0446. The molecule has 9 heteroatoms. The molecule has 2 amide bonds. The fraction of sp³-hybridized carbons (Fsp3) is 0.385. The van der Waals surface area contributed by atoms with E-state index in [2.05, 4.69) is 32.5 Å². The van der Waals surface area contributed by atoms with Gasteiger partial charge in [-0.1, -0.05) is 36.4 Å². The van der Waals surface area contributed by atoms with Crippen molar-refractivity contribution in [2.75, 3.05) is 5.32 Å². The van der Waals surface area contributed by atoms with Crippen molar-refractivity contribution in [3.05, 3.63) is 54.3 Å². The van der Waals surface area contributed by atoms with E-state index in [9.17, 15) is 9.59 Å². The molecule has 2 heterocycles. The Kier molecular flexibility index (Phi) is 6.72. The number of carbonyl (C=O) groups excluding carboxylic acids is 2. The van der Waals surface area contributed by atoms with Gasteiger partial charge in [0.15, 0.2) is 0 Å². The maximum Gasteiger partial charge on any atom is 0.243 e. The largest absolute Gasteiger partial charge is 0.360 e. The number of anilines is 1. The summed E-state index contributed by atoms with van der Waals surface area (Å²) in [6, 6.07) is 8.36. The highest BCUT2D eigenvalue weighted by Gasteiger charge is 2.36. The van der Waals surface area contributed by atoms with Crippen LogP contribution in [0.5, 0.6) is 0 Å². The minimum atomic E-state index is -0.188. The fourth-order valence-corrected chi connectivity index (χ4v) is 5.25. The van der Waals surface area contributed by atoms with Gasteiger partial charge in [-0.05, 0) is 50.7 Å². The van der Waals surface area contributed by atoms with Crippen LogP contribution in [-0.2, 0) is 9.59 Å². The van der Waals surface area contributed by atoms with Gasteiger partial charge in [-0.2, -0.15) is 0 Å². The van der Waals surface area contributed by atoms with Crippen molar-refractivity contribution in [2.45, 2.75) is 56.7 Å². The summed E-state index contributed by atoms with van der Waals surface area (Å²) in [5.74, 6) is 0.375. The Labute approximate surface area is 209 Å². The first-order chi connectivity index (χ1) is 17.0. The van der Waals surface area contributed by atoms with Gasteiger partial charge in [0, 0.05) is 46.7 Å². The van der Waals surface area contributed by atoms with Crippen molar-refractivity contribution in [1.82, 2.24) is 25.6 Å². The molecule has 2 saturated carbocycles. The summed E-state index contributed by atoms with van der Waals surface area (Å²) in [5.41, 5.74) is 2.65. The first-order valence-electron chi connectivity index (χ1n) is 12.1. The number of aromatic amines is 1. The number of hydrogen-bond donors (Lipinski definition) is 4. The van der Waals surface area contributed by atoms with E-state index in [1.165, 1.54) is 6.08 Å². The summed E-state index contributed by atoms with van der Waals surface area (Å²) in [6.07, 6.45) is 9.92. The molecule has 182 valence electrons. The van der Waals surface area contributed by atoms with Gasteiger partial charge in [-0.25, -0.2) is 9.97 Å². The van der Waals surface area contributed by atoms with E-state index in [4.69, 9.17) is 16.6 Å². The summed E-state index contributed by atoms with van der Waals surface area (Å²) in [5, 5.41) is 11.1. The van der Waals surface area contributed by atoms with Crippen LogP contribution in [0.2, 0.25) is 5.02 Å². The molecule has 2 fully saturated rings. The van der Waals surface area contributed by atoms with Crippen molar-refractivity contribution in [1.29, 1.82) is 0 Å². The highest BCUT2D eigenvalue weighted by atomic mass is 35.5. The van der Waals surface area contributed by atoms with Crippen LogP contribution in [-0.4, -0.2) is 44.9 Å². The molecule has 0 aliphatic heterocycles. The minimum Gasteiger partial charge on any atom is -0.360 e. The number of carbonyl (C=O) groups is 2. The van der Waals surface area contributed by atoms with E-state index in [0.717, 1.165) is 42.1 Å². The van der Waals surface area contributed by atoms with Crippen LogP contribution in [0.15, 0.2) is 49.3 Å². The number of nitrogens with one attached hydrogen (secondary N) is 4. The van der Waals surface area contributed by atoms with Gasteiger partial charge in [0.25, 0.3) is 0 Å². The maximum absolute atomic E-state index is 12.7. The number of benzene rings is 1. The Morgan fingerprint density at radius 3 is 2.71 bits per heavy atom. The van der Waals surface area contributed by atoms with E-state index in [0.29, 0.717) is 29.5 Å². The van der Waals surface area contributed by atoms with E-state index in [1.807, 2.05) is 30.5 Å². The summed E-state index contributed by atoms with van der Waals surface area (Å²) in [7, 11) is 0. The van der Waals surface area contributed by atoms with Gasteiger partial charge in [-0.15, -0.1) is 0 Å². The lowest BCUT2D eigenvalue weighted by molar-refractivity contribution is -0.130.